The van der Waals surface area contributed by atoms with Crippen molar-refractivity contribution in [2.45, 2.75) is 18.7 Å². The monoisotopic (exact) mass is 354 g/mol. The zero-order chi connectivity index (χ0) is 17.4. The van der Waals surface area contributed by atoms with E-state index in [0.717, 1.165) is 16.9 Å². The number of esters is 1. The van der Waals surface area contributed by atoms with Crippen molar-refractivity contribution < 1.29 is 14.3 Å². The summed E-state index contributed by atoms with van der Waals surface area (Å²) < 4.78 is 11.8. The first kappa shape index (κ1) is 15.9. The third kappa shape index (κ3) is 2.44. The van der Waals surface area contributed by atoms with Crippen molar-refractivity contribution in [2.24, 2.45) is 5.92 Å². The molecule has 2 aliphatic rings. The highest BCUT2D eigenvalue weighted by atomic mass is 32.1. The minimum Gasteiger partial charge on any atom is -0.466 e. The van der Waals surface area contributed by atoms with Crippen molar-refractivity contribution in [1.82, 2.24) is 10.6 Å². The molecule has 128 valence electrons. The van der Waals surface area contributed by atoms with Crippen molar-refractivity contribution in [3.63, 3.8) is 0 Å². The number of para-hydroxylation sites is 1. The van der Waals surface area contributed by atoms with Gasteiger partial charge in [-0.05, 0) is 25.2 Å². The van der Waals surface area contributed by atoms with Crippen LogP contribution in [-0.4, -0.2) is 17.7 Å². The number of thiocarbonyl (C=S) groups is 1. The van der Waals surface area contributed by atoms with E-state index in [1.807, 2.05) is 54.6 Å². The van der Waals surface area contributed by atoms with Gasteiger partial charge in [-0.15, -0.1) is 0 Å². The summed E-state index contributed by atoms with van der Waals surface area (Å²) in [6.45, 7) is 2.10. The number of fused-ring (bicyclic) bond motifs is 4. The Balaban J connectivity index is 1.94. The zero-order valence-electron chi connectivity index (χ0n) is 13.7. The zero-order valence-corrected chi connectivity index (χ0v) is 14.5. The highest BCUT2D eigenvalue weighted by Crippen LogP contribution is 2.49. The van der Waals surface area contributed by atoms with Crippen LogP contribution in [0.25, 0.3) is 0 Å². The van der Waals surface area contributed by atoms with Crippen LogP contribution in [0.4, 0.5) is 0 Å². The second-order valence-electron chi connectivity index (χ2n) is 6.05. The van der Waals surface area contributed by atoms with Gasteiger partial charge >= 0.3 is 5.97 Å². The first-order valence-corrected chi connectivity index (χ1v) is 8.65. The number of hydrogen-bond acceptors (Lipinski definition) is 4. The van der Waals surface area contributed by atoms with E-state index in [-0.39, 0.29) is 12.0 Å². The van der Waals surface area contributed by atoms with E-state index >= 15 is 0 Å². The molecule has 1 saturated heterocycles. The minimum absolute atomic E-state index is 0.305. The van der Waals surface area contributed by atoms with Crippen LogP contribution in [0.15, 0.2) is 54.6 Å². The van der Waals surface area contributed by atoms with Crippen LogP contribution >= 0.6 is 12.2 Å². The maximum Gasteiger partial charge on any atom is 0.317 e. The second-order valence-corrected chi connectivity index (χ2v) is 6.46. The third-order valence-corrected chi connectivity index (χ3v) is 4.85. The quantitative estimate of drug-likeness (QED) is 0.653. The fourth-order valence-electron chi connectivity index (χ4n) is 3.62. The molecule has 0 aromatic heterocycles. The van der Waals surface area contributed by atoms with Crippen molar-refractivity contribution in [3.8, 4) is 5.75 Å². The lowest BCUT2D eigenvalue weighted by atomic mass is 9.76. The number of nitrogens with one attached hydrogen (secondary N) is 2. The molecule has 2 aliphatic heterocycles. The molecule has 5 nitrogen and oxygen atoms in total. The Morgan fingerprint density at radius 3 is 2.68 bits per heavy atom. The largest absolute Gasteiger partial charge is 0.466 e. The van der Waals surface area contributed by atoms with Gasteiger partial charge in [-0.1, -0.05) is 48.5 Å². The van der Waals surface area contributed by atoms with E-state index in [4.69, 9.17) is 21.7 Å². The first-order chi connectivity index (χ1) is 12.2. The lowest BCUT2D eigenvalue weighted by Crippen LogP contribution is -2.69. The van der Waals surface area contributed by atoms with E-state index in [1.165, 1.54) is 0 Å². The average Bonchev–Trinajstić information content (AvgIpc) is 2.62. The van der Waals surface area contributed by atoms with Crippen LogP contribution < -0.4 is 15.4 Å². The molecule has 0 aliphatic carbocycles. The molecule has 25 heavy (non-hydrogen) atoms. The van der Waals surface area contributed by atoms with Gasteiger partial charge < -0.3 is 20.1 Å². The van der Waals surface area contributed by atoms with Crippen LogP contribution in [0.5, 0.6) is 5.75 Å². The van der Waals surface area contributed by atoms with Crippen LogP contribution in [0.1, 0.15) is 24.1 Å². The number of ether oxygens (including phenoxy) is 2. The Labute approximate surface area is 151 Å². The molecule has 3 unspecified atom stereocenters. The van der Waals surface area contributed by atoms with Crippen LogP contribution in [0.2, 0.25) is 0 Å². The Hall–Kier alpha value is -2.60. The topological polar surface area (TPSA) is 59.6 Å². The second kappa shape index (κ2) is 6.04. The number of hydrogen-bond donors (Lipinski definition) is 2. The predicted molar refractivity (Wildman–Crippen MR) is 96.9 cm³/mol. The lowest BCUT2D eigenvalue weighted by molar-refractivity contribution is -0.165. The van der Waals surface area contributed by atoms with Crippen LogP contribution in [-0.2, 0) is 15.3 Å². The van der Waals surface area contributed by atoms with E-state index in [0.29, 0.717) is 11.7 Å². The summed E-state index contributed by atoms with van der Waals surface area (Å²) in [5.74, 6) is -0.218. The molecular formula is C19H18N2O3S. The van der Waals surface area contributed by atoms with Crippen molar-refractivity contribution in [3.05, 3.63) is 65.7 Å². The Morgan fingerprint density at radius 2 is 1.92 bits per heavy atom. The molecule has 3 atom stereocenters. The summed E-state index contributed by atoms with van der Waals surface area (Å²) in [7, 11) is 0. The Morgan fingerprint density at radius 1 is 1.20 bits per heavy atom. The van der Waals surface area contributed by atoms with E-state index < -0.39 is 11.6 Å². The lowest BCUT2D eigenvalue weighted by Gasteiger charge is -2.51. The van der Waals surface area contributed by atoms with Crippen molar-refractivity contribution in [1.29, 1.82) is 0 Å². The first-order valence-electron chi connectivity index (χ1n) is 8.24. The summed E-state index contributed by atoms with van der Waals surface area (Å²) in [5.41, 5.74) is 0.627. The molecule has 0 radical (unpaired) electrons. The molecule has 2 N–H and O–H groups in total. The fraction of sp³-hybridized carbons (Fsp3) is 0.263. The maximum absolute atomic E-state index is 12.9. The molecule has 6 heteroatoms. The van der Waals surface area contributed by atoms with Gasteiger partial charge in [0.25, 0.3) is 0 Å². The molecule has 0 spiro atoms. The fourth-order valence-corrected chi connectivity index (χ4v) is 3.90. The molecule has 2 aromatic carbocycles. The summed E-state index contributed by atoms with van der Waals surface area (Å²) in [6, 6.07) is 17.0. The van der Waals surface area contributed by atoms with Crippen LogP contribution in [0.3, 0.4) is 0 Å². The predicted octanol–water partition coefficient (Wildman–Crippen LogP) is 2.63. The summed E-state index contributed by atoms with van der Waals surface area (Å²) in [4.78, 5) is 12.9. The molecule has 2 bridgehead atoms. The molecule has 1 fully saturated rings. The summed E-state index contributed by atoms with van der Waals surface area (Å²) in [5, 5.41) is 6.88. The number of rotatable bonds is 3. The van der Waals surface area contributed by atoms with E-state index in [9.17, 15) is 4.79 Å². The molecule has 0 saturated carbocycles. The maximum atomic E-state index is 12.9. The minimum atomic E-state index is -1.10. The Bertz CT molecular complexity index is 826. The van der Waals surface area contributed by atoms with E-state index in [1.54, 1.807) is 6.92 Å². The normalized spacial score (nSPS) is 26.5. The van der Waals surface area contributed by atoms with Gasteiger partial charge in [-0.2, -0.15) is 0 Å². The van der Waals surface area contributed by atoms with Crippen LogP contribution in [0, 0.1) is 5.92 Å². The van der Waals surface area contributed by atoms with Gasteiger partial charge in [0.1, 0.15) is 11.7 Å². The molecule has 2 heterocycles. The third-order valence-electron chi connectivity index (χ3n) is 4.63. The van der Waals surface area contributed by atoms with Gasteiger partial charge in [-0.25, -0.2) is 0 Å². The standard InChI is InChI=1S/C19H18N2O3S/c1-2-23-17(22)15-16-13-10-6-7-11-14(13)24-19(15,21-18(25)20-16)12-8-4-3-5-9-12/h3-11,15-16H,2H2,1H3,(H2,20,21,25). The smallest absolute Gasteiger partial charge is 0.317 e. The van der Waals surface area contributed by atoms with Gasteiger partial charge in [0, 0.05) is 11.1 Å². The number of benzene rings is 2. The van der Waals surface area contributed by atoms with Gasteiger partial charge in [0.15, 0.2) is 5.11 Å². The summed E-state index contributed by atoms with van der Waals surface area (Å²) in [6.07, 6.45) is 0. The Kier molecular flexibility index (Phi) is 3.84. The molecular weight excluding hydrogens is 336 g/mol. The highest BCUT2D eigenvalue weighted by molar-refractivity contribution is 7.80. The van der Waals surface area contributed by atoms with Crippen molar-refractivity contribution in [2.75, 3.05) is 6.61 Å². The summed E-state index contributed by atoms with van der Waals surface area (Å²) >= 11 is 5.41. The SMILES string of the molecule is CCOC(=O)C1C2NC(=S)NC1(c1ccccc1)Oc1ccccc12. The van der Waals surface area contributed by atoms with Gasteiger partial charge in [0.2, 0.25) is 5.72 Å². The van der Waals surface area contributed by atoms with Gasteiger partial charge in [-0.3, -0.25) is 4.79 Å². The van der Waals surface area contributed by atoms with Gasteiger partial charge in [0.05, 0.1) is 12.6 Å². The number of carbonyl (C=O) groups excluding carboxylic acids is 1. The molecule has 2 aromatic rings. The molecule has 4 rings (SSSR count). The average molecular weight is 354 g/mol. The van der Waals surface area contributed by atoms with E-state index in [2.05, 4.69) is 10.6 Å². The van der Waals surface area contributed by atoms with Crippen molar-refractivity contribution >= 4 is 23.3 Å². The molecule has 0 amide bonds. The number of carbonyl (C=O) groups is 1. The highest BCUT2D eigenvalue weighted by Gasteiger charge is 2.59.